The zero-order valence-electron chi connectivity index (χ0n) is 13.7. The first-order valence-electron chi connectivity index (χ1n) is 8.06. The topological polar surface area (TPSA) is 78.3 Å². The van der Waals surface area contributed by atoms with Crippen LogP contribution in [0.1, 0.15) is 24.4 Å². The average Bonchev–Trinajstić information content (AvgIpc) is 3.24. The predicted molar refractivity (Wildman–Crippen MR) is 89.6 cm³/mol. The Balaban J connectivity index is 1.47. The molecule has 0 saturated carbocycles. The number of ether oxygens (including phenoxy) is 2. The van der Waals surface area contributed by atoms with E-state index < -0.39 is 0 Å². The van der Waals surface area contributed by atoms with Crippen LogP contribution < -0.4 is 5.32 Å². The average molecular weight is 350 g/mol. The van der Waals surface area contributed by atoms with Crippen molar-refractivity contribution < 1.29 is 14.3 Å². The summed E-state index contributed by atoms with van der Waals surface area (Å²) in [5.74, 6) is 0.940. The summed E-state index contributed by atoms with van der Waals surface area (Å²) < 4.78 is 13.4. The highest BCUT2D eigenvalue weighted by atomic mass is 32.1. The second-order valence-electron chi connectivity index (χ2n) is 5.78. The Bertz CT molecular complexity index is 644. The van der Waals surface area contributed by atoms with E-state index in [1.165, 1.54) is 0 Å². The van der Waals surface area contributed by atoms with Gasteiger partial charge in [-0.15, -0.1) is 11.3 Å². The summed E-state index contributed by atoms with van der Waals surface area (Å²) >= 11 is 1.54. The number of carbonyl (C=O) groups excluding carboxylic acids is 1. The van der Waals surface area contributed by atoms with Crippen LogP contribution in [0.2, 0.25) is 0 Å². The highest BCUT2D eigenvalue weighted by Gasteiger charge is 2.28. The van der Waals surface area contributed by atoms with Gasteiger partial charge in [0.05, 0.1) is 30.5 Å². The maximum Gasteiger partial charge on any atom is 0.222 e. The summed E-state index contributed by atoms with van der Waals surface area (Å²) in [5.41, 5.74) is 2.69. The molecule has 3 heterocycles. The zero-order chi connectivity index (χ0) is 16.8. The third-order valence-corrected chi connectivity index (χ3v) is 4.72. The summed E-state index contributed by atoms with van der Waals surface area (Å²) in [6, 6.07) is -0.0197. The molecule has 1 N–H and O–H groups in total. The van der Waals surface area contributed by atoms with Gasteiger partial charge in [0.2, 0.25) is 5.91 Å². The predicted octanol–water partition coefficient (Wildman–Crippen LogP) is 1.53. The highest BCUT2D eigenvalue weighted by Crippen LogP contribution is 2.14. The molecular formula is C16H22N4O3S. The smallest absolute Gasteiger partial charge is 0.222 e. The molecule has 2 atom stereocenters. The van der Waals surface area contributed by atoms with Crippen LogP contribution in [0.15, 0.2) is 23.3 Å². The lowest BCUT2D eigenvalue weighted by Gasteiger charge is -2.32. The number of imidazole rings is 1. The fraction of sp³-hybridized carbons (Fsp3) is 0.562. The highest BCUT2D eigenvalue weighted by molar-refractivity contribution is 7.07. The van der Waals surface area contributed by atoms with Crippen molar-refractivity contribution in [2.75, 3.05) is 13.2 Å². The van der Waals surface area contributed by atoms with Crippen molar-refractivity contribution in [1.82, 2.24) is 19.9 Å². The number of thiazole rings is 1. The summed E-state index contributed by atoms with van der Waals surface area (Å²) in [5, 5.41) is 5.05. The van der Waals surface area contributed by atoms with E-state index in [0.717, 1.165) is 17.9 Å². The molecule has 7 nitrogen and oxygen atoms in total. The summed E-state index contributed by atoms with van der Waals surface area (Å²) in [4.78, 5) is 20.6. The summed E-state index contributed by atoms with van der Waals surface area (Å²) in [6.45, 7) is 4.14. The van der Waals surface area contributed by atoms with Crippen molar-refractivity contribution in [3.05, 3.63) is 34.8 Å². The van der Waals surface area contributed by atoms with Crippen LogP contribution in [-0.2, 0) is 27.4 Å². The van der Waals surface area contributed by atoms with Gasteiger partial charge in [-0.25, -0.2) is 9.97 Å². The van der Waals surface area contributed by atoms with Crippen molar-refractivity contribution in [2.45, 2.75) is 45.1 Å². The van der Waals surface area contributed by atoms with Crippen LogP contribution >= 0.6 is 11.3 Å². The Labute approximate surface area is 145 Å². The number of aryl methyl sites for hydroxylation is 2. The van der Waals surface area contributed by atoms with Crippen molar-refractivity contribution in [2.24, 2.45) is 0 Å². The Morgan fingerprint density at radius 3 is 3.21 bits per heavy atom. The molecule has 1 fully saturated rings. The SMILES string of the molecule is Cc1nccn1CCC(=O)N[C@@H]1CCOC[C@H]1OCc1cscn1. The molecule has 2 aromatic heterocycles. The van der Waals surface area contributed by atoms with Crippen LogP contribution in [0, 0.1) is 6.92 Å². The molecule has 1 aliphatic rings. The van der Waals surface area contributed by atoms with Crippen molar-refractivity contribution in [3.63, 3.8) is 0 Å². The molecule has 0 aromatic carbocycles. The standard InChI is InChI=1S/C16H22N4O3S/c1-12-17-4-6-20(12)5-2-16(21)19-14-3-7-22-9-15(14)23-8-13-10-24-11-18-13/h4,6,10-11,14-15H,2-3,5,7-9H2,1H3,(H,19,21)/t14-,15-/m1/s1. The largest absolute Gasteiger partial charge is 0.379 e. The van der Waals surface area contributed by atoms with Crippen LogP contribution in [0.3, 0.4) is 0 Å². The van der Waals surface area contributed by atoms with Gasteiger partial charge in [0.15, 0.2) is 0 Å². The third kappa shape index (κ3) is 4.62. The Morgan fingerprint density at radius 2 is 2.46 bits per heavy atom. The maximum absolute atomic E-state index is 12.2. The van der Waals surface area contributed by atoms with Gasteiger partial charge in [-0.3, -0.25) is 4.79 Å². The molecule has 24 heavy (non-hydrogen) atoms. The minimum Gasteiger partial charge on any atom is -0.379 e. The molecule has 130 valence electrons. The molecular weight excluding hydrogens is 328 g/mol. The Kier molecular flexibility index (Phi) is 5.95. The monoisotopic (exact) mass is 350 g/mol. The summed E-state index contributed by atoms with van der Waals surface area (Å²) in [6.07, 6.45) is 4.68. The van der Waals surface area contributed by atoms with Gasteiger partial charge in [0.1, 0.15) is 11.9 Å². The molecule has 3 rings (SSSR count). The molecule has 0 unspecified atom stereocenters. The van der Waals surface area contributed by atoms with E-state index in [-0.39, 0.29) is 18.1 Å². The number of hydrogen-bond acceptors (Lipinski definition) is 6. The van der Waals surface area contributed by atoms with E-state index in [1.807, 2.05) is 23.1 Å². The van der Waals surface area contributed by atoms with Gasteiger partial charge in [0, 0.05) is 37.3 Å². The molecule has 0 aliphatic carbocycles. The van der Waals surface area contributed by atoms with E-state index in [9.17, 15) is 4.79 Å². The maximum atomic E-state index is 12.2. The second kappa shape index (κ2) is 8.36. The Morgan fingerprint density at radius 1 is 1.54 bits per heavy atom. The van der Waals surface area contributed by atoms with E-state index in [4.69, 9.17) is 9.47 Å². The van der Waals surface area contributed by atoms with Gasteiger partial charge < -0.3 is 19.4 Å². The van der Waals surface area contributed by atoms with E-state index in [0.29, 0.717) is 32.8 Å². The molecule has 2 aromatic rings. The van der Waals surface area contributed by atoms with Crippen molar-refractivity contribution in [1.29, 1.82) is 0 Å². The van der Waals surface area contributed by atoms with Crippen LogP contribution in [0.5, 0.6) is 0 Å². The first kappa shape index (κ1) is 17.1. The van der Waals surface area contributed by atoms with Crippen LogP contribution in [0.4, 0.5) is 0 Å². The third-order valence-electron chi connectivity index (χ3n) is 4.08. The number of nitrogens with one attached hydrogen (secondary N) is 1. The molecule has 1 amide bonds. The van der Waals surface area contributed by atoms with E-state index >= 15 is 0 Å². The number of amides is 1. The van der Waals surface area contributed by atoms with Gasteiger partial charge in [-0.1, -0.05) is 0 Å². The Hall–Kier alpha value is -1.77. The summed E-state index contributed by atoms with van der Waals surface area (Å²) in [7, 11) is 0. The first-order valence-corrected chi connectivity index (χ1v) is 9.00. The number of rotatable bonds is 7. The lowest BCUT2D eigenvalue weighted by Crippen LogP contribution is -2.50. The second-order valence-corrected chi connectivity index (χ2v) is 6.50. The lowest BCUT2D eigenvalue weighted by molar-refractivity contribution is -0.126. The molecule has 8 heteroatoms. The quantitative estimate of drug-likeness (QED) is 0.819. The number of nitrogens with zero attached hydrogens (tertiary/aromatic N) is 3. The van der Waals surface area contributed by atoms with E-state index in [1.54, 1.807) is 23.0 Å². The fourth-order valence-electron chi connectivity index (χ4n) is 2.68. The molecule has 0 spiro atoms. The van der Waals surface area contributed by atoms with Crippen LogP contribution in [0.25, 0.3) is 0 Å². The van der Waals surface area contributed by atoms with Gasteiger partial charge >= 0.3 is 0 Å². The number of hydrogen-bond donors (Lipinski definition) is 1. The van der Waals surface area contributed by atoms with Crippen molar-refractivity contribution >= 4 is 17.2 Å². The zero-order valence-corrected chi connectivity index (χ0v) is 14.5. The van der Waals surface area contributed by atoms with Gasteiger partial charge in [0.25, 0.3) is 0 Å². The molecule has 0 bridgehead atoms. The lowest BCUT2D eigenvalue weighted by atomic mass is 10.1. The normalized spacial score (nSPS) is 20.9. The molecule has 1 aliphatic heterocycles. The minimum absolute atomic E-state index is 0.0197. The van der Waals surface area contributed by atoms with Crippen molar-refractivity contribution in [3.8, 4) is 0 Å². The van der Waals surface area contributed by atoms with Gasteiger partial charge in [-0.05, 0) is 13.3 Å². The fourth-order valence-corrected chi connectivity index (χ4v) is 3.23. The van der Waals surface area contributed by atoms with Gasteiger partial charge in [-0.2, -0.15) is 0 Å². The number of carbonyl (C=O) groups is 1. The minimum atomic E-state index is -0.139. The first-order chi connectivity index (χ1) is 11.7. The number of aromatic nitrogens is 3. The van der Waals surface area contributed by atoms with Crippen LogP contribution in [-0.4, -0.2) is 45.8 Å². The van der Waals surface area contributed by atoms with E-state index in [2.05, 4.69) is 15.3 Å². The molecule has 1 saturated heterocycles. The molecule has 0 radical (unpaired) electrons.